The Labute approximate surface area is 121 Å². The van der Waals surface area contributed by atoms with Gasteiger partial charge in [0.2, 0.25) is 6.79 Å². The van der Waals surface area contributed by atoms with Crippen molar-refractivity contribution >= 4 is 0 Å². The second-order valence-corrected chi connectivity index (χ2v) is 6.42. The number of hydrogen-bond donors (Lipinski definition) is 1. The number of hydrogen-bond acceptors (Lipinski definition) is 4. The predicted molar refractivity (Wildman–Crippen MR) is 79.1 cm³/mol. The van der Waals surface area contributed by atoms with E-state index < -0.39 is 0 Å². The Kier molecular flexibility index (Phi) is 3.61. The van der Waals surface area contributed by atoms with Crippen molar-refractivity contribution in [1.29, 1.82) is 0 Å². The molecule has 1 aromatic carbocycles. The van der Waals surface area contributed by atoms with Crippen LogP contribution in [0.4, 0.5) is 0 Å². The summed E-state index contributed by atoms with van der Waals surface area (Å²) < 4.78 is 10.8. The van der Waals surface area contributed by atoms with Gasteiger partial charge in [0.05, 0.1) is 0 Å². The maximum atomic E-state index is 5.47. The van der Waals surface area contributed by atoms with Crippen LogP contribution < -0.4 is 14.8 Å². The van der Waals surface area contributed by atoms with Crippen molar-refractivity contribution in [3.63, 3.8) is 0 Å². The Morgan fingerprint density at radius 1 is 1.30 bits per heavy atom. The second kappa shape index (κ2) is 5.26. The Hall–Kier alpha value is -1.26. The second-order valence-electron chi connectivity index (χ2n) is 6.42. The highest BCUT2D eigenvalue weighted by Gasteiger charge is 2.31. The van der Waals surface area contributed by atoms with Crippen molar-refractivity contribution in [2.75, 3.05) is 19.9 Å². The molecule has 0 bridgehead atoms. The topological polar surface area (TPSA) is 33.7 Å². The van der Waals surface area contributed by atoms with Gasteiger partial charge >= 0.3 is 0 Å². The number of ether oxygens (including phenoxy) is 2. The molecule has 0 saturated carbocycles. The highest BCUT2D eigenvalue weighted by molar-refractivity contribution is 5.44. The minimum absolute atomic E-state index is 0.183. The highest BCUT2D eigenvalue weighted by atomic mass is 16.7. The van der Waals surface area contributed by atoms with Crippen LogP contribution in [-0.2, 0) is 6.54 Å². The smallest absolute Gasteiger partial charge is 0.231 e. The third-order valence-corrected chi connectivity index (χ3v) is 4.22. The minimum Gasteiger partial charge on any atom is -0.454 e. The molecule has 3 rings (SSSR count). The summed E-state index contributed by atoms with van der Waals surface area (Å²) in [5.41, 5.74) is 1.48. The van der Waals surface area contributed by atoms with Crippen LogP contribution in [0.15, 0.2) is 18.2 Å². The Bertz CT molecular complexity index is 487. The third kappa shape index (κ3) is 2.76. The van der Waals surface area contributed by atoms with Crippen LogP contribution in [0.25, 0.3) is 0 Å². The Morgan fingerprint density at radius 3 is 2.90 bits per heavy atom. The van der Waals surface area contributed by atoms with Crippen molar-refractivity contribution < 1.29 is 9.47 Å². The maximum absolute atomic E-state index is 5.47. The Morgan fingerprint density at radius 2 is 2.10 bits per heavy atom. The fourth-order valence-corrected chi connectivity index (χ4v) is 3.08. The summed E-state index contributed by atoms with van der Waals surface area (Å²) in [7, 11) is 0. The molecule has 4 nitrogen and oxygen atoms in total. The normalized spacial score (nSPS) is 24.9. The van der Waals surface area contributed by atoms with Crippen molar-refractivity contribution in [3.8, 4) is 11.5 Å². The fraction of sp³-hybridized carbons (Fsp3) is 0.625. The molecule has 1 saturated heterocycles. The monoisotopic (exact) mass is 276 g/mol. The molecule has 110 valence electrons. The molecule has 1 unspecified atom stereocenters. The van der Waals surface area contributed by atoms with E-state index in [0.717, 1.165) is 31.1 Å². The van der Waals surface area contributed by atoms with Crippen molar-refractivity contribution in [2.45, 2.75) is 45.3 Å². The van der Waals surface area contributed by atoms with E-state index in [0.29, 0.717) is 12.8 Å². The molecule has 1 atom stereocenters. The number of piperazine rings is 1. The summed E-state index contributed by atoms with van der Waals surface area (Å²) in [6, 6.07) is 6.89. The zero-order valence-electron chi connectivity index (χ0n) is 12.6. The summed E-state index contributed by atoms with van der Waals surface area (Å²) in [6.45, 7) is 10.2. The SMILES string of the molecule is CCC1CNC(C)(C)CN1Cc1ccc2c(c1)OCO2. The van der Waals surface area contributed by atoms with Crippen LogP contribution in [0.2, 0.25) is 0 Å². The van der Waals surface area contributed by atoms with Gasteiger partial charge in [-0.05, 0) is 38.0 Å². The number of benzene rings is 1. The van der Waals surface area contributed by atoms with Gasteiger partial charge in [0.1, 0.15) is 0 Å². The number of rotatable bonds is 3. The van der Waals surface area contributed by atoms with E-state index in [-0.39, 0.29) is 5.54 Å². The van der Waals surface area contributed by atoms with Gasteiger partial charge < -0.3 is 14.8 Å². The summed E-state index contributed by atoms with van der Waals surface area (Å²) in [5.74, 6) is 1.74. The molecule has 2 aliphatic heterocycles. The molecule has 1 N–H and O–H groups in total. The number of nitrogens with zero attached hydrogens (tertiary/aromatic N) is 1. The molecule has 4 heteroatoms. The van der Waals surface area contributed by atoms with Gasteiger partial charge in [0, 0.05) is 31.2 Å². The molecule has 20 heavy (non-hydrogen) atoms. The van der Waals surface area contributed by atoms with Gasteiger partial charge in [-0.2, -0.15) is 0 Å². The lowest BCUT2D eigenvalue weighted by atomic mass is 9.97. The number of nitrogens with one attached hydrogen (secondary N) is 1. The third-order valence-electron chi connectivity index (χ3n) is 4.22. The summed E-state index contributed by atoms with van der Waals surface area (Å²) >= 11 is 0. The predicted octanol–water partition coefficient (Wildman–Crippen LogP) is 2.38. The zero-order chi connectivity index (χ0) is 14.2. The van der Waals surface area contributed by atoms with Crippen LogP contribution in [0.5, 0.6) is 11.5 Å². The number of fused-ring (bicyclic) bond motifs is 1. The lowest BCUT2D eigenvalue weighted by molar-refractivity contribution is 0.0858. The average Bonchev–Trinajstić information content (AvgIpc) is 2.85. The van der Waals surface area contributed by atoms with E-state index >= 15 is 0 Å². The van der Waals surface area contributed by atoms with Crippen LogP contribution >= 0.6 is 0 Å². The van der Waals surface area contributed by atoms with Crippen molar-refractivity contribution in [1.82, 2.24) is 10.2 Å². The van der Waals surface area contributed by atoms with Crippen molar-refractivity contribution in [2.24, 2.45) is 0 Å². The van der Waals surface area contributed by atoms with E-state index in [1.54, 1.807) is 0 Å². The molecular weight excluding hydrogens is 252 g/mol. The molecule has 2 aliphatic rings. The van der Waals surface area contributed by atoms with Gasteiger partial charge in [-0.25, -0.2) is 0 Å². The van der Waals surface area contributed by atoms with E-state index in [2.05, 4.69) is 43.1 Å². The standard InChI is InChI=1S/C16H24N2O2/c1-4-13-8-17-16(2,3)10-18(13)9-12-5-6-14-15(7-12)20-11-19-14/h5-7,13,17H,4,8-11H2,1-3H3. The molecule has 0 radical (unpaired) electrons. The summed E-state index contributed by atoms with van der Waals surface area (Å²) in [4.78, 5) is 2.58. The first-order valence-electron chi connectivity index (χ1n) is 7.45. The van der Waals surface area contributed by atoms with Gasteiger partial charge in [0.25, 0.3) is 0 Å². The summed E-state index contributed by atoms with van der Waals surface area (Å²) in [6.07, 6.45) is 1.17. The molecule has 0 amide bonds. The van der Waals surface area contributed by atoms with Crippen LogP contribution in [0, 0.1) is 0 Å². The van der Waals surface area contributed by atoms with Crippen LogP contribution in [0.1, 0.15) is 32.8 Å². The first-order valence-corrected chi connectivity index (χ1v) is 7.45. The van der Waals surface area contributed by atoms with E-state index in [4.69, 9.17) is 9.47 Å². The summed E-state index contributed by atoms with van der Waals surface area (Å²) in [5, 5.41) is 3.63. The lowest BCUT2D eigenvalue weighted by Gasteiger charge is -2.44. The molecule has 2 heterocycles. The van der Waals surface area contributed by atoms with Crippen molar-refractivity contribution in [3.05, 3.63) is 23.8 Å². The van der Waals surface area contributed by atoms with Gasteiger partial charge in [-0.15, -0.1) is 0 Å². The molecule has 0 aromatic heterocycles. The van der Waals surface area contributed by atoms with E-state index in [9.17, 15) is 0 Å². The largest absolute Gasteiger partial charge is 0.454 e. The lowest BCUT2D eigenvalue weighted by Crippen LogP contribution is -2.60. The van der Waals surface area contributed by atoms with E-state index in [1.165, 1.54) is 12.0 Å². The molecule has 1 aromatic rings. The molecular formula is C16H24N2O2. The minimum atomic E-state index is 0.183. The average molecular weight is 276 g/mol. The quantitative estimate of drug-likeness (QED) is 0.919. The Balaban J connectivity index is 1.74. The van der Waals surface area contributed by atoms with E-state index in [1.807, 2.05) is 6.07 Å². The van der Waals surface area contributed by atoms with Crippen LogP contribution in [-0.4, -0.2) is 36.4 Å². The zero-order valence-corrected chi connectivity index (χ0v) is 12.6. The maximum Gasteiger partial charge on any atom is 0.231 e. The first kappa shape index (κ1) is 13.7. The van der Waals surface area contributed by atoms with Gasteiger partial charge in [-0.1, -0.05) is 13.0 Å². The molecule has 1 fully saturated rings. The van der Waals surface area contributed by atoms with Gasteiger partial charge in [0.15, 0.2) is 11.5 Å². The molecule has 0 spiro atoms. The molecule has 0 aliphatic carbocycles. The van der Waals surface area contributed by atoms with Gasteiger partial charge in [-0.3, -0.25) is 4.90 Å². The van der Waals surface area contributed by atoms with Crippen LogP contribution in [0.3, 0.4) is 0 Å². The first-order chi connectivity index (χ1) is 9.57. The highest BCUT2D eigenvalue weighted by Crippen LogP contribution is 2.33. The fourth-order valence-electron chi connectivity index (χ4n) is 3.08.